The van der Waals surface area contributed by atoms with Gasteiger partial charge in [0.25, 0.3) is 0 Å². The summed E-state index contributed by atoms with van der Waals surface area (Å²) >= 11 is 0. The Morgan fingerprint density at radius 3 is 2.53 bits per heavy atom. The molecule has 0 heterocycles. The average molecular weight is 445 g/mol. The number of carbonyl (C=O) groups excluding carboxylic acids is 3. The summed E-state index contributed by atoms with van der Waals surface area (Å²) in [5.74, 6) is 0.753. The van der Waals surface area contributed by atoms with Crippen LogP contribution in [0, 0.1) is 29.1 Å². The van der Waals surface area contributed by atoms with Crippen LogP contribution in [0.3, 0.4) is 0 Å². The molecular weight excluding hydrogens is 404 g/mol. The number of hydrogen-bond acceptors (Lipinski definition) is 5. The van der Waals surface area contributed by atoms with Crippen molar-refractivity contribution < 1.29 is 24.2 Å². The van der Waals surface area contributed by atoms with E-state index < -0.39 is 17.7 Å². The van der Waals surface area contributed by atoms with Gasteiger partial charge in [0.05, 0.1) is 6.10 Å². The largest absolute Gasteiger partial charge is 0.448 e. The molecule has 3 fully saturated rings. The lowest BCUT2D eigenvalue weighted by atomic mass is 9.61. The zero-order chi connectivity index (χ0) is 23.7. The first kappa shape index (κ1) is 24.9. The van der Waals surface area contributed by atoms with Gasteiger partial charge in [-0.1, -0.05) is 39.8 Å². The fourth-order valence-electron chi connectivity index (χ4n) is 6.20. The number of hydrogen-bond donors (Lipinski definition) is 1. The topological polar surface area (TPSA) is 80.7 Å². The van der Waals surface area contributed by atoms with Crippen molar-refractivity contribution in [2.75, 3.05) is 0 Å². The molecule has 0 aromatic heterocycles. The van der Waals surface area contributed by atoms with Crippen LogP contribution in [-0.2, 0) is 19.1 Å². The van der Waals surface area contributed by atoms with Crippen molar-refractivity contribution in [3.8, 4) is 0 Å². The summed E-state index contributed by atoms with van der Waals surface area (Å²) < 4.78 is 5.58. The lowest BCUT2D eigenvalue weighted by Gasteiger charge is -2.43. The second-order valence-electron chi connectivity index (χ2n) is 11.2. The zero-order valence-corrected chi connectivity index (χ0v) is 20.4. The molecule has 0 spiro atoms. The van der Waals surface area contributed by atoms with Crippen LogP contribution < -0.4 is 0 Å². The second-order valence-corrected chi connectivity index (χ2v) is 11.2. The molecule has 0 radical (unpaired) electrons. The molecule has 32 heavy (non-hydrogen) atoms. The Morgan fingerprint density at radius 2 is 1.88 bits per heavy atom. The van der Waals surface area contributed by atoms with Gasteiger partial charge < -0.3 is 9.84 Å². The van der Waals surface area contributed by atoms with Gasteiger partial charge in [0.1, 0.15) is 0 Å². The molecule has 5 nitrogen and oxygen atoms in total. The molecule has 5 heteroatoms. The fraction of sp³-hybridized carbons (Fsp3) is 0.741. The maximum atomic E-state index is 12.8. The average Bonchev–Trinajstić information content (AvgIpc) is 3.05. The van der Waals surface area contributed by atoms with Crippen molar-refractivity contribution in [2.24, 2.45) is 29.1 Å². The SMILES string of the molecule is CC(C)C/C=C/[C@@H](C)[C@H]1CC[C@H]2/C(=C\C(=O)OC3(C)CCC(O)CC3=O)C(=O)CC[C@]12C. The van der Waals surface area contributed by atoms with Gasteiger partial charge in [0.15, 0.2) is 17.2 Å². The first-order chi connectivity index (χ1) is 15.0. The van der Waals surface area contributed by atoms with Crippen LogP contribution in [0.25, 0.3) is 0 Å². The maximum absolute atomic E-state index is 12.8. The number of rotatable bonds is 6. The second kappa shape index (κ2) is 9.62. The van der Waals surface area contributed by atoms with Gasteiger partial charge in [-0.2, -0.15) is 0 Å². The molecule has 0 aliphatic heterocycles. The number of Topliss-reactive ketones (excluding diaryl/α,β-unsaturated/α-hetero) is 2. The third-order valence-corrected chi connectivity index (χ3v) is 8.24. The summed E-state index contributed by atoms with van der Waals surface area (Å²) in [4.78, 5) is 38.0. The normalized spacial score (nSPS) is 37.8. The lowest BCUT2D eigenvalue weighted by Crippen LogP contribution is -2.46. The molecule has 0 bridgehead atoms. The molecular formula is C27H40O5. The van der Waals surface area contributed by atoms with Gasteiger partial charge in [0.2, 0.25) is 0 Å². The van der Waals surface area contributed by atoms with Gasteiger partial charge >= 0.3 is 5.97 Å². The molecule has 3 rings (SSSR count). The smallest absolute Gasteiger partial charge is 0.332 e. The number of ketones is 2. The third kappa shape index (κ3) is 5.08. The van der Waals surface area contributed by atoms with Crippen LogP contribution in [0.4, 0.5) is 0 Å². The lowest BCUT2D eigenvalue weighted by molar-refractivity contribution is -0.167. The standard InChI is InChI=1S/C27H40O5/c1-17(2)7-6-8-18(3)21-9-10-22-20(23(29)12-13-26(21,22)4)16-25(31)32-27(5)14-11-19(28)15-24(27)30/h6,8,16-19,21-22,28H,7,9-15H2,1-5H3/b8-6+,20-16+/t18-,19?,21-,22+,26-,27?/m1/s1. The molecule has 2 unspecified atom stereocenters. The molecule has 6 atom stereocenters. The van der Waals surface area contributed by atoms with E-state index in [4.69, 9.17) is 4.74 Å². The van der Waals surface area contributed by atoms with E-state index in [-0.39, 0.29) is 29.3 Å². The van der Waals surface area contributed by atoms with Crippen molar-refractivity contribution in [3.05, 3.63) is 23.8 Å². The van der Waals surface area contributed by atoms with Crippen LogP contribution in [0.1, 0.15) is 86.0 Å². The summed E-state index contributed by atoms with van der Waals surface area (Å²) in [5, 5.41) is 9.70. The minimum atomic E-state index is -1.22. The van der Waals surface area contributed by atoms with Crippen LogP contribution >= 0.6 is 0 Å². The Bertz CT molecular complexity index is 809. The number of aliphatic hydroxyl groups is 1. The van der Waals surface area contributed by atoms with E-state index in [1.807, 2.05) is 0 Å². The molecule has 0 amide bonds. The van der Waals surface area contributed by atoms with Crippen molar-refractivity contribution in [1.29, 1.82) is 0 Å². The quantitative estimate of drug-likeness (QED) is 0.356. The Hall–Kier alpha value is -1.75. The molecule has 178 valence electrons. The van der Waals surface area contributed by atoms with Gasteiger partial charge in [-0.25, -0.2) is 4.79 Å². The summed E-state index contributed by atoms with van der Waals surface area (Å²) in [6.07, 6.45) is 10.4. The van der Waals surface area contributed by atoms with E-state index in [9.17, 15) is 19.5 Å². The van der Waals surface area contributed by atoms with Crippen LogP contribution in [0.2, 0.25) is 0 Å². The summed E-state index contributed by atoms with van der Waals surface area (Å²) in [7, 11) is 0. The van der Waals surface area contributed by atoms with Crippen LogP contribution in [0.15, 0.2) is 23.8 Å². The van der Waals surface area contributed by atoms with Gasteiger partial charge in [-0.05, 0) is 74.5 Å². The predicted octanol–water partition coefficient (Wildman–Crippen LogP) is 4.96. The molecule has 0 aromatic rings. The van der Waals surface area contributed by atoms with E-state index in [1.54, 1.807) is 6.92 Å². The summed E-state index contributed by atoms with van der Waals surface area (Å²) in [5.41, 5.74) is -0.657. The maximum Gasteiger partial charge on any atom is 0.332 e. The Kier molecular flexibility index (Phi) is 7.48. The highest BCUT2D eigenvalue weighted by molar-refractivity contribution is 6.02. The van der Waals surface area contributed by atoms with Gasteiger partial charge in [-0.3, -0.25) is 9.59 Å². The summed E-state index contributed by atoms with van der Waals surface area (Å²) in [6, 6.07) is 0. The van der Waals surface area contributed by atoms with Crippen LogP contribution in [-0.4, -0.2) is 34.3 Å². The Morgan fingerprint density at radius 1 is 1.16 bits per heavy atom. The number of aliphatic hydroxyl groups excluding tert-OH is 1. The van der Waals surface area contributed by atoms with Crippen molar-refractivity contribution in [2.45, 2.75) is 97.7 Å². The van der Waals surface area contributed by atoms with E-state index in [0.717, 1.165) is 25.7 Å². The number of ether oxygens (including phenoxy) is 1. The van der Waals surface area contributed by atoms with Crippen molar-refractivity contribution in [3.63, 3.8) is 0 Å². The highest BCUT2D eigenvalue weighted by Gasteiger charge is 2.53. The van der Waals surface area contributed by atoms with E-state index in [1.165, 1.54) is 6.08 Å². The number of fused-ring (bicyclic) bond motifs is 1. The van der Waals surface area contributed by atoms with E-state index >= 15 is 0 Å². The molecule has 3 aliphatic carbocycles. The zero-order valence-electron chi connectivity index (χ0n) is 20.4. The van der Waals surface area contributed by atoms with Crippen molar-refractivity contribution >= 4 is 17.5 Å². The highest BCUT2D eigenvalue weighted by Crippen LogP contribution is 2.58. The molecule has 3 aliphatic rings. The molecule has 1 N–H and O–H groups in total. The third-order valence-electron chi connectivity index (χ3n) is 8.24. The van der Waals surface area contributed by atoms with Gasteiger partial charge in [-0.15, -0.1) is 0 Å². The molecule has 0 aromatic carbocycles. The number of esters is 1. The minimum Gasteiger partial charge on any atom is -0.448 e. The van der Waals surface area contributed by atoms with Crippen molar-refractivity contribution in [1.82, 2.24) is 0 Å². The Labute approximate surface area is 192 Å². The van der Waals surface area contributed by atoms with E-state index in [0.29, 0.717) is 42.6 Å². The number of carbonyl (C=O) groups is 3. The predicted molar refractivity (Wildman–Crippen MR) is 124 cm³/mol. The monoisotopic (exact) mass is 444 g/mol. The van der Waals surface area contributed by atoms with Crippen LogP contribution in [0.5, 0.6) is 0 Å². The summed E-state index contributed by atoms with van der Waals surface area (Å²) in [6.45, 7) is 10.6. The molecule has 3 saturated carbocycles. The minimum absolute atomic E-state index is 0.00384. The Balaban J connectivity index is 1.75. The first-order valence-electron chi connectivity index (χ1n) is 12.3. The first-order valence-corrected chi connectivity index (χ1v) is 12.3. The van der Waals surface area contributed by atoms with Gasteiger partial charge in [0, 0.05) is 24.5 Å². The number of allylic oxidation sites excluding steroid dienone is 3. The van der Waals surface area contributed by atoms with E-state index in [2.05, 4.69) is 39.8 Å². The molecule has 0 saturated heterocycles. The fourth-order valence-corrected chi connectivity index (χ4v) is 6.20. The highest BCUT2D eigenvalue weighted by atomic mass is 16.6.